The maximum atomic E-state index is 6.28. The van der Waals surface area contributed by atoms with Gasteiger partial charge in [0.2, 0.25) is 0 Å². The van der Waals surface area contributed by atoms with Crippen LogP contribution in [0.1, 0.15) is 0 Å². The van der Waals surface area contributed by atoms with E-state index in [1.807, 2.05) is 28.7 Å². The summed E-state index contributed by atoms with van der Waals surface area (Å²) in [7, 11) is 0. The van der Waals surface area contributed by atoms with Crippen molar-refractivity contribution in [3.63, 3.8) is 0 Å². The molecule has 3 heterocycles. The van der Waals surface area contributed by atoms with E-state index in [2.05, 4.69) is 175 Å². The zero-order valence-electron chi connectivity index (χ0n) is 27.9. The van der Waals surface area contributed by atoms with Gasteiger partial charge in [-0.1, -0.05) is 115 Å². The lowest BCUT2D eigenvalue weighted by Gasteiger charge is -2.26. The molecule has 0 saturated carbocycles. The number of thiophene rings is 2. The van der Waals surface area contributed by atoms with Crippen molar-refractivity contribution in [2.24, 2.45) is 0 Å². The van der Waals surface area contributed by atoms with E-state index in [0.717, 1.165) is 28.2 Å². The first-order chi connectivity index (χ1) is 25.8. The van der Waals surface area contributed by atoms with Crippen molar-refractivity contribution in [2.75, 3.05) is 4.90 Å². The third kappa shape index (κ3) is 4.62. The number of para-hydroxylation sites is 1. The summed E-state index contributed by atoms with van der Waals surface area (Å²) < 4.78 is 11.4. The minimum absolute atomic E-state index is 0.932. The second kappa shape index (κ2) is 11.7. The van der Waals surface area contributed by atoms with E-state index in [1.54, 1.807) is 0 Å². The normalized spacial score (nSPS) is 11.8. The second-order valence-corrected chi connectivity index (χ2v) is 15.4. The molecular formula is C48H29NOS2. The third-order valence-corrected chi connectivity index (χ3v) is 12.7. The van der Waals surface area contributed by atoms with Crippen molar-refractivity contribution in [2.45, 2.75) is 0 Å². The van der Waals surface area contributed by atoms with Crippen LogP contribution in [-0.4, -0.2) is 0 Å². The molecule has 11 rings (SSSR count). The Morgan fingerprint density at radius 1 is 0.365 bits per heavy atom. The largest absolute Gasteiger partial charge is 0.456 e. The van der Waals surface area contributed by atoms with Crippen molar-refractivity contribution >= 4 is 102 Å². The zero-order valence-corrected chi connectivity index (χ0v) is 29.5. The Balaban J connectivity index is 1.09. The highest BCUT2D eigenvalue weighted by molar-refractivity contribution is 7.27. The quantitative estimate of drug-likeness (QED) is 0.178. The van der Waals surface area contributed by atoms with Crippen LogP contribution in [0, 0.1) is 0 Å². The number of fused-ring (bicyclic) bond motifs is 10. The number of benzene rings is 8. The molecule has 0 amide bonds. The van der Waals surface area contributed by atoms with E-state index < -0.39 is 0 Å². The van der Waals surface area contributed by atoms with Crippen LogP contribution in [-0.2, 0) is 0 Å². The maximum absolute atomic E-state index is 6.28. The monoisotopic (exact) mass is 699 g/mol. The molecule has 3 aromatic heterocycles. The first kappa shape index (κ1) is 29.5. The fraction of sp³-hybridized carbons (Fsp3) is 0. The minimum Gasteiger partial charge on any atom is -0.456 e. The highest BCUT2D eigenvalue weighted by Crippen LogP contribution is 2.47. The van der Waals surface area contributed by atoms with Crippen molar-refractivity contribution in [1.29, 1.82) is 0 Å². The van der Waals surface area contributed by atoms with Gasteiger partial charge in [0.25, 0.3) is 0 Å². The average Bonchev–Trinajstić information content (AvgIpc) is 3.89. The Hall–Kier alpha value is -6.20. The molecule has 4 heteroatoms. The van der Waals surface area contributed by atoms with Crippen LogP contribution in [0.25, 0.3) is 84.5 Å². The molecule has 0 saturated heterocycles. The van der Waals surface area contributed by atoms with Crippen LogP contribution in [0.5, 0.6) is 0 Å². The topological polar surface area (TPSA) is 16.4 Å². The first-order valence-corrected chi connectivity index (χ1v) is 19.1. The van der Waals surface area contributed by atoms with Crippen molar-refractivity contribution in [3.8, 4) is 22.3 Å². The molecule has 0 spiro atoms. The van der Waals surface area contributed by atoms with Crippen molar-refractivity contribution in [1.82, 2.24) is 0 Å². The molecule has 52 heavy (non-hydrogen) atoms. The zero-order chi connectivity index (χ0) is 34.2. The van der Waals surface area contributed by atoms with E-state index in [1.165, 1.54) is 73.4 Å². The summed E-state index contributed by atoms with van der Waals surface area (Å²) in [4.78, 5) is 2.40. The van der Waals surface area contributed by atoms with E-state index in [4.69, 9.17) is 4.42 Å². The van der Waals surface area contributed by atoms with E-state index >= 15 is 0 Å². The van der Waals surface area contributed by atoms with Gasteiger partial charge in [0.1, 0.15) is 11.2 Å². The molecule has 0 radical (unpaired) electrons. The fourth-order valence-electron chi connectivity index (χ4n) is 7.84. The van der Waals surface area contributed by atoms with Crippen molar-refractivity contribution < 1.29 is 4.42 Å². The van der Waals surface area contributed by atoms with Gasteiger partial charge in [0.15, 0.2) is 0 Å². The molecule has 0 aliphatic heterocycles. The summed E-state index contributed by atoms with van der Waals surface area (Å²) >= 11 is 3.73. The standard InChI is InChI=1S/C48H29NOS2/c1-2-10-30(11-3-1)31-20-22-33(23-21-31)49(35-24-25-38-37-14-5-7-19-44(37)51-45(38)29-35)34-13-8-12-32(28-34)36-16-9-17-39-40-26-27-43-46(48(40)52-47(36)39)41-15-4-6-18-42(41)50-43/h1-29H. The first-order valence-electron chi connectivity index (χ1n) is 17.5. The summed E-state index contributed by atoms with van der Waals surface area (Å²) in [5.41, 5.74) is 10.1. The van der Waals surface area contributed by atoms with Gasteiger partial charge in [-0.05, 0) is 82.9 Å². The maximum Gasteiger partial charge on any atom is 0.136 e. The smallest absolute Gasteiger partial charge is 0.136 e. The summed E-state index contributed by atoms with van der Waals surface area (Å²) in [6.07, 6.45) is 0. The Bertz CT molecular complexity index is 3130. The average molecular weight is 700 g/mol. The van der Waals surface area contributed by atoms with E-state index in [9.17, 15) is 0 Å². The number of nitrogens with zero attached hydrogens (tertiary/aromatic N) is 1. The van der Waals surface area contributed by atoms with Gasteiger partial charge in [-0.3, -0.25) is 0 Å². The van der Waals surface area contributed by atoms with E-state index in [-0.39, 0.29) is 0 Å². The van der Waals surface area contributed by atoms with Gasteiger partial charge in [-0.2, -0.15) is 0 Å². The molecular weight excluding hydrogens is 671 g/mol. The van der Waals surface area contributed by atoms with Gasteiger partial charge < -0.3 is 9.32 Å². The highest BCUT2D eigenvalue weighted by atomic mass is 32.1. The van der Waals surface area contributed by atoms with Crippen LogP contribution in [0.2, 0.25) is 0 Å². The number of hydrogen-bond acceptors (Lipinski definition) is 4. The van der Waals surface area contributed by atoms with Gasteiger partial charge in [0, 0.05) is 68.2 Å². The van der Waals surface area contributed by atoms with Crippen LogP contribution in [0.4, 0.5) is 17.1 Å². The lowest BCUT2D eigenvalue weighted by Crippen LogP contribution is -2.09. The van der Waals surface area contributed by atoms with Crippen LogP contribution < -0.4 is 4.90 Å². The molecule has 0 unspecified atom stereocenters. The second-order valence-electron chi connectivity index (χ2n) is 13.3. The minimum atomic E-state index is 0.932. The Morgan fingerprint density at radius 2 is 1.02 bits per heavy atom. The fourth-order valence-corrected chi connectivity index (χ4v) is 10.4. The Morgan fingerprint density at radius 3 is 1.92 bits per heavy atom. The Labute approximate surface area is 308 Å². The lowest BCUT2D eigenvalue weighted by molar-refractivity contribution is 0.669. The van der Waals surface area contributed by atoms with Crippen LogP contribution in [0.15, 0.2) is 180 Å². The molecule has 0 bridgehead atoms. The molecule has 0 fully saturated rings. The number of rotatable bonds is 5. The molecule has 8 aromatic carbocycles. The molecule has 2 nitrogen and oxygen atoms in total. The summed E-state index contributed by atoms with van der Waals surface area (Å²) in [6.45, 7) is 0. The van der Waals surface area contributed by atoms with Gasteiger partial charge in [0.05, 0.1) is 0 Å². The van der Waals surface area contributed by atoms with Gasteiger partial charge >= 0.3 is 0 Å². The molecule has 0 atom stereocenters. The van der Waals surface area contributed by atoms with E-state index in [0.29, 0.717) is 0 Å². The number of hydrogen-bond donors (Lipinski definition) is 0. The molecule has 244 valence electrons. The number of anilines is 3. The van der Waals surface area contributed by atoms with Crippen molar-refractivity contribution in [3.05, 3.63) is 176 Å². The molecule has 0 aliphatic carbocycles. The summed E-state index contributed by atoms with van der Waals surface area (Å²) in [6, 6.07) is 63.6. The predicted molar refractivity (Wildman–Crippen MR) is 225 cm³/mol. The molecule has 0 N–H and O–H groups in total. The lowest BCUT2D eigenvalue weighted by atomic mass is 10.0. The predicted octanol–water partition coefficient (Wildman–Crippen LogP) is 15.1. The highest BCUT2D eigenvalue weighted by Gasteiger charge is 2.19. The van der Waals surface area contributed by atoms with Gasteiger partial charge in [-0.15, -0.1) is 22.7 Å². The summed E-state index contributed by atoms with van der Waals surface area (Å²) in [5.74, 6) is 0. The molecule has 11 aromatic rings. The third-order valence-electron chi connectivity index (χ3n) is 10.3. The Kier molecular flexibility index (Phi) is 6.63. The number of furan rings is 1. The van der Waals surface area contributed by atoms with Crippen LogP contribution >= 0.6 is 22.7 Å². The van der Waals surface area contributed by atoms with Crippen LogP contribution in [0.3, 0.4) is 0 Å². The molecule has 0 aliphatic rings. The summed E-state index contributed by atoms with van der Waals surface area (Å²) in [5, 5.41) is 7.53. The van der Waals surface area contributed by atoms with Gasteiger partial charge in [-0.25, -0.2) is 0 Å². The SMILES string of the molecule is c1ccc(-c2ccc(N(c3cccc(-c4cccc5c4sc4c5ccc5oc6ccccc6c54)c3)c3ccc4c(c3)sc3ccccc34)cc2)cc1.